The summed E-state index contributed by atoms with van der Waals surface area (Å²) in [6.07, 6.45) is -2.01. The van der Waals surface area contributed by atoms with E-state index in [-0.39, 0.29) is 0 Å². The first kappa shape index (κ1) is 9.63. The van der Waals surface area contributed by atoms with Crippen molar-refractivity contribution in [2.24, 2.45) is 5.41 Å². The van der Waals surface area contributed by atoms with Crippen LogP contribution in [0.4, 0.5) is 0 Å². The van der Waals surface area contributed by atoms with Crippen LogP contribution in [0.5, 0.6) is 0 Å². The zero-order valence-corrected chi connectivity index (χ0v) is 7.64. The zero-order valence-electron chi connectivity index (χ0n) is 7.64. The molecular formula is C8H6O7. The molecule has 2 atom stereocenters. The highest BCUT2D eigenvalue weighted by Crippen LogP contribution is 2.43. The number of cyclic esters (lactones) is 2. The lowest BCUT2D eigenvalue weighted by Gasteiger charge is -2.15. The van der Waals surface area contributed by atoms with E-state index in [9.17, 15) is 19.2 Å². The third kappa shape index (κ3) is 0.997. The summed E-state index contributed by atoms with van der Waals surface area (Å²) in [7, 11) is 1.05. The van der Waals surface area contributed by atoms with E-state index in [1.165, 1.54) is 0 Å². The van der Waals surface area contributed by atoms with Gasteiger partial charge in [0.25, 0.3) is 0 Å². The molecule has 2 saturated heterocycles. The minimum Gasteiger partial charge on any atom is -0.468 e. The number of carbonyl (C=O) groups is 4. The van der Waals surface area contributed by atoms with Crippen molar-refractivity contribution in [3.63, 3.8) is 0 Å². The predicted molar refractivity (Wildman–Crippen MR) is 40.0 cm³/mol. The van der Waals surface area contributed by atoms with Gasteiger partial charge in [-0.2, -0.15) is 0 Å². The van der Waals surface area contributed by atoms with Crippen LogP contribution in [-0.4, -0.2) is 37.1 Å². The van der Waals surface area contributed by atoms with E-state index >= 15 is 0 Å². The van der Waals surface area contributed by atoms with Gasteiger partial charge in [-0.05, 0) is 0 Å². The van der Waals surface area contributed by atoms with Gasteiger partial charge in [-0.25, -0.2) is 4.79 Å². The maximum atomic E-state index is 11.4. The van der Waals surface area contributed by atoms with E-state index in [4.69, 9.17) is 0 Å². The van der Waals surface area contributed by atoms with Crippen molar-refractivity contribution in [3.8, 4) is 0 Å². The van der Waals surface area contributed by atoms with Crippen molar-refractivity contribution >= 4 is 23.9 Å². The zero-order chi connectivity index (χ0) is 11.2. The fourth-order valence-electron chi connectivity index (χ4n) is 1.70. The lowest BCUT2D eigenvalue weighted by atomic mass is 9.83. The lowest BCUT2D eigenvalue weighted by Crippen LogP contribution is -2.42. The van der Waals surface area contributed by atoms with E-state index in [0.717, 1.165) is 7.11 Å². The molecule has 2 heterocycles. The molecule has 2 aliphatic rings. The van der Waals surface area contributed by atoms with E-state index in [0.29, 0.717) is 0 Å². The molecule has 0 spiro atoms. The highest BCUT2D eigenvalue weighted by molar-refractivity contribution is 6.16. The molecule has 80 valence electrons. The molecule has 0 N–H and O–H groups in total. The largest absolute Gasteiger partial charge is 0.468 e. The third-order valence-corrected chi connectivity index (χ3v) is 2.44. The molecule has 0 radical (unpaired) electrons. The molecule has 0 unspecified atom stereocenters. The minimum absolute atomic E-state index is 0.519. The predicted octanol–water partition coefficient (Wildman–Crippen LogP) is -1.46. The van der Waals surface area contributed by atoms with Gasteiger partial charge >= 0.3 is 23.9 Å². The Morgan fingerprint density at radius 2 is 2.13 bits per heavy atom. The molecule has 0 aromatic rings. The first-order valence-electron chi connectivity index (χ1n) is 4.06. The first-order chi connectivity index (χ1) is 7.02. The summed E-state index contributed by atoms with van der Waals surface area (Å²) in [6.45, 7) is 0. The molecule has 7 heteroatoms. The molecule has 0 amide bonds. The maximum absolute atomic E-state index is 11.4. The monoisotopic (exact) mass is 214 g/mol. The van der Waals surface area contributed by atoms with Crippen LogP contribution < -0.4 is 0 Å². The van der Waals surface area contributed by atoms with Gasteiger partial charge < -0.3 is 14.2 Å². The topological polar surface area (TPSA) is 96.0 Å². The second-order valence-electron chi connectivity index (χ2n) is 3.22. The number of methoxy groups -OCH3 is 1. The van der Waals surface area contributed by atoms with Gasteiger partial charge in [0.2, 0.25) is 11.5 Å². The van der Waals surface area contributed by atoms with Crippen molar-refractivity contribution in [2.75, 3.05) is 7.11 Å². The van der Waals surface area contributed by atoms with Crippen LogP contribution >= 0.6 is 0 Å². The molecule has 7 nitrogen and oxygen atoms in total. The number of esters is 4. The fourth-order valence-corrected chi connectivity index (χ4v) is 1.70. The van der Waals surface area contributed by atoms with Crippen LogP contribution in [0.1, 0.15) is 6.42 Å². The average molecular weight is 214 g/mol. The molecule has 2 fully saturated rings. The van der Waals surface area contributed by atoms with Gasteiger partial charge in [-0.3, -0.25) is 14.4 Å². The Morgan fingerprint density at radius 1 is 1.47 bits per heavy atom. The van der Waals surface area contributed by atoms with Crippen LogP contribution in [0.3, 0.4) is 0 Å². The van der Waals surface area contributed by atoms with E-state index in [1.807, 2.05) is 0 Å². The molecule has 0 aromatic carbocycles. The molecule has 0 aliphatic carbocycles. The number of hydrogen-bond acceptors (Lipinski definition) is 7. The molecule has 0 bridgehead atoms. The number of ether oxygens (including phenoxy) is 3. The standard InChI is InChI=1S/C8H6O7/c1-13-6(11)8-2-3(9)14-4(8)5(10)15-7(8)12/h4H,2H2,1H3/t4-,8-/m1/s1. The van der Waals surface area contributed by atoms with E-state index in [2.05, 4.69) is 14.2 Å². The highest BCUT2D eigenvalue weighted by Gasteiger charge is 2.71. The molecule has 0 saturated carbocycles. The summed E-state index contributed by atoms with van der Waals surface area (Å²) in [5, 5.41) is 0. The van der Waals surface area contributed by atoms with Crippen LogP contribution in [0.25, 0.3) is 0 Å². The number of hydrogen-bond donors (Lipinski definition) is 0. The lowest BCUT2D eigenvalue weighted by molar-refractivity contribution is -0.164. The Balaban J connectivity index is 2.49. The number of rotatable bonds is 1. The highest BCUT2D eigenvalue weighted by atomic mass is 16.6. The summed E-state index contributed by atoms with van der Waals surface area (Å²) < 4.78 is 13.2. The van der Waals surface area contributed by atoms with Gasteiger partial charge in [0.15, 0.2) is 0 Å². The molecule has 15 heavy (non-hydrogen) atoms. The first-order valence-corrected chi connectivity index (χ1v) is 4.06. The summed E-state index contributed by atoms with van der Waals surface area (Å²) >= 11 is 0. The Labute approximate surface area is 83.3 Å². The summed E-state index contributed by atoms with van der Waals surface area (Å²) in [5.74, 6) is -3.91. The molecule has 2 aliphatic heterocycles. The van der Waals surface area contributed by atoms with Gasteiger partial charge in [0, 0.05) is 0 Å². The minimum atomic E-state index is -1.93. The average Bonchev–Trinajstić information content (AvgIpc) is 2.64. The van der Waals surface area contributed by atoms with Crippen molar-refractivity contribution in [3.05, 3.63) is 0 Å². The number of carbonyl (C=O) groups excluding carboxylic acids is 4. The second-order valence-corrected chi connectivity index (χ2v) is 3.22. The molecule has 2 rings (SSSR count). The van der Waals surface area contributed by atoms with Crippen molar-refractivity contribution in [1.29, 1.82) is 0 Å². The van der Waals surface area contributed by atoms with E-state index in [1.54, 1.807) is 0 Å². The van der Waals surface area contributed by atoms with Crippen molar-refractivity contribution in [2.45, 2.75) is 12.5 Å². The van der Waals surface area contributed by atoms with Gasteiger partial charge in [0.05, 0.1) is 13.5 Å². The summed E-state index contributed by atoms with van der Waals surface area (Å²) in [6, 6.07) is 0. The van der Waals surface area contributed by atoms with E-state index < -0.39 is 41.8 Å². The summed E-state index contributed by atoms with van der Waals surface area (Å²) in [4.78, 5) is 44.9. The van der Waals surface area contributed by atoms with Gasteiger partial charge in [0.1, 0.15) is 0 Å². The summed E-state index contributed by atoms with van der Waals surface area (Å²) in [5.41, 5.74) is -1.93. The van der Waals surface area contributed by atoms with Crippen LogP contribution in [0.2, 0.25) is 0 Å². The van der Waals surface area contributed by atoms with Crippen molar-refractivity contribution in [1.82, 2.24) is 0 Å². The van der Waals surface area contributed by atoms with Crippen molar-refractivity contribution < 1.29 is 33.4 Å². The number of fused-ring (bicyclic) bond motifs is 1. The molecule has 0 aromatic heterocycles. The van der Waals surface area contributed by atoms with Crippen LogP contribution in [0, 0.1) is 5.41 Å². The normalized spacial score (nSPS) is 33.4. The smallest absolute Gasteiger partial charge is 0.357 e. The quantitative estimate of drug-likeness (QED) is 0.299. The van der Waals surface area contributed by atoms with Gasteiger partial charge in [-0.1, -0.05) is 0 Å². The fraction of sp³-hybridized carbons (Fsp3) is 0.500. The maximum Gasteiger partial charge on any atom is 0.357 e. The van der Waals surface area contributed by atoms with Crippen LogP contribution in [-0.2, 0) is 33.4 Å². The van der Waals surface area contributed by atoms with Gasteiger partial charge in [-0.15, -0.1) is 0 Å². The Kier molecular flexibility index (Phi) is 1.79. The Bertz CT molecular complexity index is 384. The molecular weight excluding hydrogens is 208 g/mol. The Morgan fingerprint density at radius 3 is 2.73 bits per heavy atom. The second kappa shape index (κ2) is 2.78. The Hall–Kier alpha value is -1.92. The third-order valence-electron chi connectivity index (χ3n) is 2.44. The van der Waals surface area contributed by atoms with Crippen LogP contribution in [0.15, 0.2) is 0 Å². The SMILES string of the molecule is COC(=O)[C@@]12CC(=O)O[C@@H]1C(=O)OC2=O.